The van der Waals surface area contributed by atoms with E-state index in [1.807, 2.05) is 11.9 Å². The van der Waals surface area contributed by atoms with Crippen molar-refractivity contribution in [3.63, 3.8) is 0 Å². The summed E-state index contributed by atoms with van der Waals surface area (Å²) in [6.45, 7) is 3.31. The van der Waals surface area contributed by atoms with Gasteiger partial charge in [0.2, 0.25) is 5.91 Å². The molecule has 39 heavy (non-hydrogen) atoms. The number of benzene rings is 1. The molecule has 5 rings (SSSR count). The third-order valence-corrected chi connectivity index (χ3v) is 11.4. The molecule has 1 saturated heterocycles. The van der Waals surface area contributed by atoms with Crippen LogP contribution in [0.25, 0.3) is 15.7 Å². The molecule has 1 aromatic carbocycles. The number of nitrogens with zero attached hydrogens (tertiary/aromatic N) is 5. The standard InChI is InChI=1S/C25H27ClN6O4S3/c1-3-29-30-8-6-16(7-9-30)21-14-28-24(38-21)25(34)32-11-10-31(15-19(32)23(33)27-2)39(35,36)22-12-17-4-5-18(26)13-20(17)37-22/h3-6,12-14,19H,7-11,15H2,1-2H3,(H,27,33)/b29-3+. The maximum absolute atomic E-state index is 13.5. The summed E-state index contributed by atoms with van der Waals surface area (Å²) in [6.07, 6.45) is 6.31. The number of piperazine rings is 1. The summed E-state index contributed by atoms with van der Waals surface area (Å²) in [5.74, 6) is -0.822. The van der Waals surface area contributed by atoms with Crippen molar-refractivity contribution in [2.45, 2.75) is 23.6 Å². The Morgan fingerprint density at radius 1 is 1.21 bits per heavy atom. The highest BCUT2D eigenvalue weighted by Gasteiger charge is 2.41. The number of thiophene rings is 1. The van der Waals surface area contributed by atoms with E-state index in [1.54, 1.807) is 36.7 Å². The molecule has 1 N–H and O–H groups in total. The van der Waals surface area contributed by atoms with Crippen LogP contribution in [0.1, 0.15) is 28.0 Å². The summed E-state index contributed by atoms with van der Waals surface area (Å²) in [6, 6.07) is 5.84. The van der Waals surface area contributed by atoms with Gasteiger partial charge in [-0.1, -0.05) is 23.7 Å². The number of amides is 2. The highest BCUT2D eigenvalue weighted by molar-refractivity contribution is 7.91. The molecule has 2 amide bonds. The Morgan fingerprint density at radius 3 is 2.74 bits per heavy atom. The van der Waals surface area contributed by atoms with Gasteiger partial charge in [-0.25, -0.2) is 13.4 Å². The third kappa shape index (κ3) is 5.59. The van der Waals surface area contributed by atoms with E-state index in [2.05, 4.69) is 21.5 Å². The first-order valence-corrected chi connectivity index (χ1v) is 15.8. The molecule has 2 aliphatic heterocycles. The van der Waals surface area contributed by atoms with E-state index >= 15 is 0 Å². The Balaban J connectivity index is 1.35. The predicted molar refractivity (Wildman–Crippen MR) is 155 cm³/mol. The predicted octanol–water partition coefficient (Wildman–Crippen LogP) is 3.37. The van der Waals surface area contributed by atoms with Gasteiger partial charge >= 0.3 is 0 Å². The van der Waals surface area contributed by atoms with Crippen molar-refractivity contribution in [3.8, 4) is 0 Å². The highest BCUT2D eigenvalue weighted by atomic mass is 35.5. The molecular formula is C25H27ClN6O4S3. The number of fused-ring (bicyclic) bond motifs is 1. The Kier molecular flexibility index (Phi) is 8.06. The minimum Gasteiger partial charge on any atom is -0.357 e. The number of nitrogens with one attached hydrogen (secondary N) is 1. The second-order valence-electron chi connectivity index (χ2n) is 9.03. The van der Waals surface area contributed by atoms with E-state index in [0.717, 1.165) is 44.8 Å². The zero-order valence-corrected chi connectivity index (χ0v) is 24.5. The van der Waals surface area contributed by atoms with Crippen LogP contribution in [0, 0.1) is 0 Å². The minimum atomic E-state index is -3.89. The van der Waals surface area contributed by atoms with Crippen molar-refractivity contribution in [2.75, 3.05) is 39.8 Å². The topological polar surface area (TPSA) is 115 Å². The summed E-state index contributed by atoms with van der Waals surface area (Å²) in [5.41, 5.74) is 1.11. The highest BCUT2D eigenvalue weighted by Crippen LogP contribution is 2.34. The van der Waals surface area contributed by atoms with Crippen LogP contribution in [0.4, 0.5) is 0 Å². The first kappa shape index (κ1) is 27.7. The maximum Gasteiger partial charge on any atom is 0.283 e. The van der Waals surface area contributed by atoms with Crippen LogP contribution in [0.3, 0.4) is 0 Å². The fourth-order valence-corrected chi connectivity index (χ4v) is 8.85. The van der Waals surface area contributed by atoms with Crippen molar-refractivity contribution in [3.05, 3.63) is 51.4 Å². The van der Waals surface area contributed by atoms with E-state index in [1.165, 1.54) is 27.6 Å². The van der Waals surface area contributed by atoms with E-state index in [4.69, 9.17) is 11.6 Å². The van der Waals surface area contributed by atoms with Gasteiger partial charge in [0, 0.05) is 55.4 Å². The van der Waals surface area contributed by atoms with Gasteiger partial charge in [-0.05, 0) is 42.5 Å². The van der Waals surface area contributed by atoms with Crippen molar-refractivity contribution < 1.29 is 18.0 Å². The SMILES string of the molecule is C/C=N/N1CC=C(c2cnc(C(=O)N3CCN(S(=O)(=O)c4cc5ccc(Cl)cc5s4)CC3C(=O)NC)s2)CC1. The molecule has 1 fully saturated rings. The summed E-state index contributed by atoms with van der Waals surface area (Å²) in [4.78, 5) is 33.0. The second-order valence-corrected chi connectivity index (χ2v) is 13.8. The van der Waals surface area contributed by atoms with E-state index < -0.39 is 22.0 Å². The molecule has 0 saturated carbocycles. The van der Waals surface area contributed by atoms with Gasteiger partial charge in [-0.3, -0.25) is 14.6 Å². The number of carbonyl (C=O) groups excluding carboxylic acids is 2. The molecule has 0 aliphatic carbocycles. The molecule has 206 valence electrons. The van der Waals surface area contributed by atoms with Crippen LogP contribution < -0.4 is 5.32 Å². The number of halogens is 1. The molecule has 10 nitrogen and oxygen atoms in total. The first-order chi connectivity index (χ1) is 18.7. The van der Waals surface area contributed by atoms with Gasteiger partial charge in [-0.15, -0.1) is 22.7 Å². The smallest absolute Gasteiger partial charge is 0.283 e. The molecule has 4 heterocycles. The second kappa shape index (κ2) is 11.3. The Labute approximate surface area is 239 Å². The molecule has 1 unspecified atom stereocenters. The van der Waals surface area contributed by atoms with Gasteiger partial charge < -0.3 is 10.2 Å². The number of sulfonamides is 1. The minimum absolute atomic E-state index is 0.0632. The number of likely N-dealkylation sites (N-methyl/N-ethyl adjacent to an activating group) is 1. The lowest BCUT2D eigenvalue weighted by Crippen LogP contribution is -2.61. The number of hydrazone groups is 1. The van der Waals surface area contributed by atoms with E-state index in [-0.39, 0.29) is 34.8 Å². The van der Waals surface area contributed by atoms with Crippen molar-refractivity contribution in [1.82, 2.24) is 24.5 Å². The van der Waals surface area contributed by atoms with Crippen LogP contribution in [0.5, 0.6) is 0 Å². The number of carbonyl (C=O) groups is 2. The van der Waals surface area contributed by atoms with Crippen LogP contribution in [-0.4, -0.2) is 91.5 Å². The lowest BCUT2D eigenvalue weighted by Gasteiger charge is -2.39. The lowest BCUT2D eigenvalue weighted by atomic mass is 10.1. The zero-order valence-electron chi connectivity index (χ0n) is 21.3. The molecular weight excluding hydrogens is 580 g/mol. The Morgan fingerprint density at radius 2 is 2.03 bits per heavy atom. The summed E-state index contributed by atoms with van der Waals surface area (Å²) < 4.78 is 29.3. The van der Waals surface area contributed by atoms with Crippen LogP contribution in [-0.2, 0) is 14.8 Å². The maximum atomic E-state index is 13.5. The Hall–Kier alpha value is -2.84. The van der Waals surface area contributed by atoms with Gasteiger partial charge in [0.25, 0.3) is 15.9 Å². The quantitative estimate of drug-likeness (QED) is 0.430. The summed E-state index contributed by atoms with van der Waals surface area (Å²) in [7, 11) is -2.42. The molecule has 0 radical (unpaired) electrons. The van der Waals surface area contributed by atoms with Crippen LogP contribution in [0.15, 0.2) is 45.8 Å². The van der Waals surface area contributed by atoms with E-state index in [0.29, 0.717) is 11.6 Å². The monoisotopic (exact) mass is 606 g/mol. The first-order valence-electron chi connectivity index (χ1n) is 12.3. The molecule has 2 aliphatic rings. The number of aromatic nitrogens is 1. The third-order valence-electron chi connectivity index (χ3n) is 6.68. The van der Waals surface area contributed by atoms with Crippen molar-refractivity contribution in [1.29, 1.82) is 0 Å². The molecule has 14 heteroatoms. The Bertz CT molecular complexity index is 1580. The molecule has 1 atom stereocenters. The molecule has 3 aromatic rings. The number of hydrogen-bond acceptors (Lipinski definition) is 9. The largest absolute Gasteiger partial charge is 0.357 e. The van der Waals surface area contributed by atoms with Gasteiger partial charge in [0.1, 0.15) is 10.3 Å². The van der Waals surface area contributed by atoms with Crippen molar-refractivity contribution in [2.24, 2.45) is 5.10 Å². The number of hydrogen-bond donors (Lipinski definition) is 1. The average Bonchev–Trinajstić information content (AvgIpc) is 3.60. The van der Waals surface area contributed by atoms with E-state index in [9.17, 15) is 18.0 Å². The summed E-state index contributed by atoms with van der Waals surface area (Å²) >= 11 is 8.49. The normalized spacial score (nSPS) is 19.1. The van der Waals surface area contributed by atoms with Gasteiger partial charge in [0.05, 0.1) is 11.4 Å². The lowest BCUT2D eigenvalue weighted by molar-refractivity contribution is -0.126. The molecule has 0 bridgehead atoms. The van der Waals surface area contributed by atoms with Crippen LogP contribution in [0.2, 0.25) is 5.02 Å². The van der Waals surface area contributed by atoms with Crippen LogP contribution >= 0.6 is 34.3 Å². The average molecular weight is 607 g/mol. The fraction of sp³-hybridized carbons (Fsp3) is 0.360. The number of thiazole rings is 1. The molecule has 2 aromatic heterocycles. The van der Waals surface area contributed by atoms with Gasteiger partial charge in [-0.2, -0.15) is 9.41 Å². The molecule has 0 spiro atoms. The van der Waals surface area contributed by atoms with Gasteiger partial charge in [0.15, 0.2) is 5.01 Å². The fourth-order valence-electron chi connectivity index (χ4n) is 4.64. The van der Waals surface area contributed by atoms with Crippen molar-refractivity contribution >= 4 is 78.0 Å². The summed E-state index contributed by atoms with van der Waals surface area (Å²) in [5, 5.41) is 10.4. The number of rotatable bonds is 6. The zero-order chi connectivity index (χ0) is 27.7.